The smallest absolute Gasteiger partial charge is 0.0162 e. The first kappa shape index (κ1) is 15.8. The number of rotatable bonds is 3. The summed E-state index contributed by atoms with van der Waals surface area (Å²) < 4.78 is 0. The maximum absolute atomic E-state index is 2.44. The van der Waals surface area contributed by atoms with E-state index in [0.29, 0.717) is 0 Å². The minimum Gasteiger partial charge on any atom is -0.0871 e. The number of allylic oxidation sites excluding steroid dienone is 1. The standard InChI is InChI=1S/C22H32/c1-3-4-18-7-11-20(12-8-18)22-15-13-21(14-16-22)19-9-5-17(2)6-10-19/h3-4,7-8,11-12,17,19,21-22H,5-6,9-10,13-16H2,1-2H3/b4-3+. The van der Waals surface area contributed by atoms with Gasteiger partial charge < -0.3 is 0 Å². The molecule has 2 aliphatic carbocycles. The maximum atomic E-state index is 2.44. The van der Waals surface area contributed by atoms with Crippen molar-refractivity contribution < 1.29 is 0 Å². The van der Waals surface area contributed by atoms with Gasteiger partial charge >= 0.3 is 0 Å². The van der Waals surface area contributed by atoms with Gasteiger partial charge in [0.05, 0.1) is 0 Å². The lowest BCUT2D eigenvalue weighted by molar-refractivity contribution is 0.165. The van der Waals surface area contributed by atoms with Crippen LogP contribution in [-0.2, 0) is 0 Å². The molecule has 0 atom stereocenters. The third-order valence-corrected chi connectivity index (χ3v) is 6.27. The average molecular weight is 296 g/mol. The highest BCUT2D eigenvalue weighted by Gasteiger charge is 2.30. The fourth-order valence-corrected chi connectivity index (χ4v) is 4.75. The minimum absolute atomic E-state index is 0.818. The third kappa shape index (κ3) is 3.83. The fraction of sp³-hybridized carbons (Fsp3) is 0.636. The molecule has 22 heavy (non-hydrogen) atoms. The van der Waals surface area contributed by atoms with Gasteiger partial charge in [-0.3, -0.25) is 0 Å². The van der Waals surface area contributed by atoms with Crippen molar-refractivity contribution in [1.82, 2.24) is 0 Å². The van der Waals surface area contributed by atoms with Gasteiger partial charge in [0, 0.05) is 0 Å². The van der Waals surface area contributed by atoms with E-state index in [0.717, 1.165) is 23.7 Å². The number of hydrogen-bond acceptors (Lipinski definition) is 0. The summed E-state index contributed by atoms with van der Waals surface area (Å²) in [6.07, 6.45) is 16.1. The second-order valence-electron chi connectivity index (χ2n) is 7.80. The zero-order chi connectivity index (χ0) is 15.4. The van der Waals surface area contributed by atoms with Gasteiger partial charge in [0.15, 0.2) is 0 Å². The van der Waals surface area contributed by atoms with Gasteiger partial charge in [-0.15, -0.1) is 0 Å². The lowest BCUT2D eigenvalue weighted by Gasteiger charge is -2.37. The predicted octanol–water partition coefficient (Wildman–Crippen LogP) is 6.82. The molecule has 2 aliphatic rings. The Morgan fingerprint density at radius 1 is 0.773 bits per heavy atom. The van der Waals surface area contributed by atoms with E-state index in [4.69, 9.17) is 0 Å². The molecule has 3 rings (SSSR count). The second-order valence-corrected chi connectivity index (χ2v) is 7.80. The van der Waals surface area contributed by atoms with Crippen LogP contribution in [0, 0.1) is 17.8 Å². The van der Waals surface area contributed by atoms with Crippen molar-refractivity contribution in [2.45, 2.75) is 71.1 Å². The highest BCUT2D eigenvalue weighted by molar-refractivity contribution is 5.49. The molecule has 0 nitrogen and oxygen atoms in total. The molecule has 0 amide bonds. The average Bonchev–Trinajstić information content (AvgIpc) is 2.57. The molecule has 120 valence electrons. The summed E-state index contributed by atoms with van der Waals surface area (Å²) in [4.78, 5) is 0. The Morgan fingerprint density at radius 3 is 1.86 bits per heavy atom. The monoisotopic (exact) mass is 296 g/mol. The van der Waals surface area contributed by atoms with E-state index in [9.17, 15) is 0 Å². The van der Waals surface area contributed by atoms with E-state index >= 15 is 0 Å². The van der Waals surface area contributed by atoms with Crippen molar-refractivity contribution in [2.75, 3.05) is 0 Å². The Hall–Kier alpha value is -1.04. The summed E-state index contributed by atoms with van der Waals surface area (Å²) in [5, 5.41) is 0. The first-order valence-corrected chi connectivity index (χ1v) is 9.49. The fourth-order valence-electron chi connectivity index (χ4n) is 4.75. The molecular weight excluding hydrogens is 264 g/mol. The third-order valence-electron chi connectivity index (χ3n) is 6.27. The van der Waals surface area contributed by atoms with Crippen molar-refractivity contribution >= 4 is 6.08 Å². The van der Waals surface area contributed by atoms with E-state index in [1.165, 1.54) is 56.9 Å². The Morgan fingerprint density at radius 2 is 1.32 bits per heavy atom. The van der Waals surface area contributed by atoms with Crippen LogP contribution in [0.2, 0.25) is 0 Å². The molecule has 0 N–H and O–H groups in total. The second kappa shape index (κ2) is 7.49. The van der Waals surface area contributed by atoms with Crippen LogP contribution in [0.4, 0.5) is 0 Å². The van der Waals surface area contributed by atoms with Gasteiger partial charge in [0.25, 0.3) is 0 Å². The summed E-state index contributed by atoms with van der Waals surface area (Å²) in [6.45, 7) is 4.52. The molecule has 0 aliphatic heterocycles. The van der Waals surface area contributed by atoms with Crippen LogP contribution in [0.25, 0.3) is 6.08 Å². The Labute approximate surface area is 137 Å². The van der Waals surface area contributed by atoms with E-state index in [2.05, 4.69) is 50.3 Å². The van der Waals surface area contributed by atoms with Crippen LogP contribution in [0.3, 0.4) is 0 Å². The molecule has 1 aromatic rings. The van der Waals surface area contributed by atoms with Gasteiger partial charge in [-0.1, -0.05) is 56.2 Å². The van der Waals surface area contributed by atoms with Crippen LogP contribution in [0.5, 0.6) is 0 Å². The van der Waals surface area contributed by atoms with Crippen molar-refractivity contribution in [3.63, 3.8) is 0 Å². The molecule has 2 saturated carbocycles. The normalized spacial score (nSPS) is 33.2. The van der Waals surface area contributed by atoms with Gasteiger partial charge in [0.1, 0.15) is 0 Å². The molecule has 0 heteroatoms. The molecule has 1 aromatic carbocycles. The van der Waals surface area contributed by atoms with Crippen LogP contribution in [0.15, 0.2) is 30.3 Å². The number of benzene rings is 1. The zero-order valence-electron chi connectivity index (χ0n) is 14.4. The van der Waals surface area contributed by atoms with Crippen LogP contribution in [0.1, 0.15) is 82.3 Å². The SMILES string of the molecule is C/C=C/c1ccc(C2CCC(C3CCC(C)CC3)CC2)cc1. The largest absolute Gasteiger partial charge is 0.0871 e. The molecule has 2 fully saturated rings. The predicted molar refractivity (Wildman–Crippen MR) is 97.0 cm³/mol. The molecule has 0 spiro atoms. The van der Waals surface area contributed by atoms with Crippen LogP contribution < -0.4 is 0 Å². The van der Waals surface area contributed by atoms with Gasteiger partial charge in [-0.25, -0.2) is 0 Å². The van der Waals surface area contributed by atoms with E-state index in [1.807, 2.05) is 0 Å². The summed E-state index contributed by atoms with van der Waals surface area (Å²) in [6, 6.07) is 9.29. The lowest BCUT2D eigenvalue weighted by atomic mass is 9.68. The number of hydrogen-bond donors (Lipinski definition) is 0. The molecule has 0 unspecified atom stereocenters. The van der Waals surface area contributed by atoms with Crippen molar-refractivity contribution in [1.29, 1.82) is 0 Å². The van der Waals surface area contributed by atoms with Crippen molar-refractivity contribution in [2.24, 2.45) is 17.8 Å². The molecule has 0 bridgehead atoms. The summed E-state index contributed by atoms with van der Waals surface area (Å²) in [7, 11) is 0. The van der Waals surface area contributed by atoms with E-state index < -0.39 is 0 Å². The minimum atomic E-state index is 0.818. The van der Waals surface area contributed by atoms with Gasteiger partial charge in [-0.05, 0) is 80.2 Å². The Bertz CT molecular complexity index is 465. The maximum Gasteiger partial charge on any atom is -0.0162 e. The van der Waals surface area contributed by atoms with Crippen molar-refractivity contribution in [3.05, 3.63) is 41.5 Å². The highest BCUT2D eigenvalue weighted by atomic mass is 14.4. The van der Waals surface area contributed by atoms with Gasteiger partial charge in [0.2, 0.25) is 0 Å². The molecular formula is C22H32. The quantitative estimate of drug-likeness (QED) is 0.574. The molecule has 0 radical (unpaired) electrons. The summed E-state index contributed by atoms with van der Waals surface area (Å²) >= 11 is 0. The first-order chi connectivity index (χ1) is 10.8. The van der Waals surface area contributed by atoms with Crippen molar-refractivity contribution in [3.8, 4) is 0 Å². The Kier molecular flexibility index (Phi) is 5.39. The summed E-state index contributed by atoms with van der Waals surface area (Å²) in [5.41, 5.74) is 2.90. The first-order valence-electron chi connectivity index (χ1n) is 9.49. The van der Waals surface area contributed by atoms with Crippen LogP contribution in [-0.4, -0.2) is 0 Å². The topological polar surface area (TPSA) is 0 Å². The summed E-state index contributed by atoms with van der Waals surface area (Å²) in [5.74, 6) is 3.89. The van der Waals surface area contributed by atoms with E-state index in [1.54, 1.807) is 5.56 Å². The van der Waals surface area contributed by atoms with Gasteiger partial charge in [-0.2, -0.15) is 0 Å². The Balaban J connectivity index is 1.53. The highest BCUT2D eigenvalue weighted by Crippen LogP contribution is 2.43. The molecule has 0 heterocycles. The zero-order valence-corrected chi connectivity index (χ0v) is 14.4. The van der Waals surface area contributed by atoms with E-state index in [-0.39, 0.29) is 0 Å². The van der Waals surface area contributed by atoms with Crippen LogP contribution >= 0.6 is 0 Å². The lowest BCUT2D eigenvalue weighted by Crippen LogP contribution is -2.24. The molecule has 0 aromatic heterocycles. The molecule has 0 saturated heterocycles.